The molecular formula is C20H19N3O4. The summed E-state index contributed by atoms with van der Waals surface area (Å²) >= 11 is 0. The zero-order chi connectivity index (χ0) is 18.8. The van der Waals surface area contributed by atoms with Gasteiger partial charge in [0.05, 0.1) is 11.1 Å². The third-order valence-electron chi connectivity index (χ3n) is 4.83. The summed E-state index contributed by atoms with van der Waals surface area (Å²) in [5.41, 5.74) is 1.73. The second kappa shape index (κ2) is 7.20. The van der Waals surface area contributed by atoms with Gasteiger partial charge in [-0.1, -0.05) is 30.3 Å². The predicted molar refractivity (Wildman–Crippen MR) is 98.1 cm³/mol. The first kappa shape index (κ1) is 17.2. The van der Waals surface area contributed by atoms with Crippen LogP contribution >= 0.6 is 0 Å². The summed E-state index contributed by atoms with van der Waals surface area (Å²) in [7, 11) is 0. The van der Waals surface area contributed by atoms with E-state index in [-0.39, 0.29) is 12.5 Å². The highest BCUT2D eigenvalue weighted by molar-refractivity contribution is 6.20. The van der Waals surface area contributed by atoms with Crippen LogP contribution in [0, 0.1) is 0 Å². The molecule has 4 rings (SSSR count). The van der Waals surface area contributed by atoms with Gasteiger partial charge in [0.2, 0.25) is 0 Å². The largest absolute Gasteiger partial charge is 0.368 e. The molecule has 7 nitrogen and oxygen atoms in total. The van der Waals surface area contributed by atoms with Gasteiger partial charge in [-0.25, -0.2) is 0 Å². The number of fused-ring (bicyclic) bond motifs is 1. The Hall–Kier alpha value is -3.19. The average molecular weight is 365 g/mol. The fourth-order valence-electron chi connectivity index (χ4n) is 3.35. The average Bonchev–Trinajstić information content (AvgIpc) is 2.97. The van der Waals surface area contributed by atoms with Gasteiger partial charge in [0.25, 0.3) is 17.7 Å². The Morgan fingerprint density at radius 3 is 1.96 bits per heavy atom. The molecule has 0 saturated carbocycles. The highest BCUT2D eigenvalue weighted by Crippen LogP contribution is 2.22. The molecule has 0 N–H and O–H groups in total. The fraction of sp³-hybridized carbons (Fsp3) is 0.250. The molecule has 7 heteroatoms. The van der Waals surface area contributed by atoms with Gasteiger partial charge in [-0.05, 0) is 24.3 Å². The molecule has 2 heterocycles. The molecule has 0 bridgehead atoms. The molecule has 138 valence electrons. The predicted octanol–water partition coefficient (Wildman–Crippen LogP) is 1.56. The number of para-hydroxylation sites is 1. The van der Waals surface area contributed by atoms with E-state index in [0.29, 0.717) is 29.3 Å². The topological polar surface area (TPSA) is 70.2 Å². The smallest absolute Gasteiger partial charge is 0.285 e. The first-order chi connectivity index (χ1) is 13.1. The van der Waals surface area contributed by atoms with Crippen LogP contribution in [0.5, 0.6) is 0 Å². The van der Waals surface area contributed by atoms with Crippen LogP contribution in [0.25, 0.3) is 0 Å². The molecule has 2 aromatic carbocycles. The molecule has 0 unspecified atom stereocenters. The fourth-order valence-corrected chi connectivity index (χ4v) is 3.35. The number of nitrogens with zero attached hydrogens (tertiary/aromatic N) is 3. The Labute approximate surface area is 156 Å². The normalized spacial score (nSPS) is 16.7. The number of hydrogen-bond acceptors (Lipinski definition) is 5. The quantitative estimate of drug-likeness (QED) is 0.769. The SMILES string of the molecule is O=C(CON1C(=O)c2ccccc2C1=O)N1CCN(c2ccccc2)CC1. The lowest BCUT2D eigenvalue weighted by Crippen LogP contribution is -2.50. The third-order valence-corrected chi connectivity index (χ3v) is 4.83. The second-order valence-electron chi connectivity index (χ2n) is 6.43. The minimum atomic E-state index is -0.530. The molecule has 3 amide bonds. The van der Waals surface area contributed by atoms with Gasteiger partial charge in [-0.15, -0.1) is 5.06 Å². The molecule has 2 aliphatic rings. The maximum Gasteiger partial charge on any atom is 0.285 e. The van der Waals surface area contributed by atoms with Gasteiger partial charge < -0.3 is 9.80 Å². The maximum absolute atomic E-state index is 12.4. The number of amides is 3. The van der Waals surface area contributed by atoms with Crippen molar-refractivity contribution in [2.75, 3.05) is 37.7 Å². The minimum absolute atomic E-state index is 0.237. The van der Waals surface area contributed by atoms with E-state index in [4.69, 9.17) is 4.84 Å². The summed E-state index contributed by atoms with van der Waals surface area (Å²) in [5.74, 6) is -1.30. The molecule has 2 aromatic rings. The maximum atomic E-state index is 12.4. The van der Waals surface area contributed by atoms with E-state index in [1.54, 1.807) is 29.2 Å². The molecule has 0 radical (unpaired) electrons. The molecule has 0 aromatic heterocycles. The number of imide groups is 1. The van der Waals surface area contributed by atoms with Crippen molar-refractivity contribution in [3.8, 4) is 0 Å². The first-order valence-electron chi connectivity index (χ1n) is 8.83. The van der Waals surface area contributed by atoms with E-state index in [9.17, 15) is 14.4 Å². The summed E-state index contributed by atoms with van der Waals surface area (Å²) in [6.45, 7) is 2.25. The lowest BCUT2D eigenvalue weighted by Gasteiger charge is -2.36. The number of hydrogen-bond donors (Lipinski definition) is 0. The molecular weight excluding hydrogens is 346 g/mol. The zero-order valence-corrected chi connectivity index (χ0v) is 14.7. The van der Waals surface area contributed by atoms with E-state index in [2.05, 4.69) is 4.90 Å². The molecule has 0 spiro atoms. The summed E-state index contributed by atoms with van der Waals surface area (Å²) in [5, 5.41) is 0.683. The Balaban J connectivity index is 1.31. The Morgan fingerprint density at radius 2 is 1.37 bits per heavy atom. The number of carbonyl (C=O) groups is 3. The van der Waals surface area contributed by atoms with Crippen LogP contribution in [0.4, 0.5) is 5.69 Å². The standard InChI is InChI=1S/C20H19N3O4/c24-18(22-12-10-21(11-13-22)15-6-2-1-3-7-15)14-27-23-19(25)16-8-4-5-9-17(16)20(23)26/h1-9H,10-14H2. The van der Waals surface area contributed by atoms with E-state index in [1.807, 2.05) is 30.3 Å². The van der Waals surface area contributed by atoms with Crippen LogP contribution in [0.15, 0.2) is 54.6 Å². The van der Waals surface area contributed by atoms with Crippen LogP contribution in [-0.2, 0) is 9.63 Å². The van der Waals surface area contributed by atoms with Crippen molar-refractivity contribution in [2.45, 2.75) is 0 Å². The Kier molecular flexibility index (Phi) is 4.60. The number of rotatable bonds is 4. The first-order valence-corrected chi connectivity index (χ1v) is 8.83. The van der Waals surface area contributed by atoms with Crippen molar-refractivity contribution >= 4 is 23.4 Å². The van der Waals surface area contributed by atoms with Crippen LogP contribution in [0.2, 0.25) is 0 Å². The minimum Gasteiger partial charge on any atom is -0.368 e. The monoisotopic (exact) mass is 365 g/mol. The molecule has 0 aliphatic carbocycles. The van der Waals surface area contributed by atoms with Gasteiger partial charge in [0.1, 0.15) is 0 Å². The second-order valence-corrected chi connectivity index (χ2v) is 6.43. The van der Waals surface area contributed by atoms with E-state index < -0.39 is 11.8 Å². The van der Waals surface area contributed by atoms with Crippen molar-refractivity contribution in [2.24, 2.45) is 0 Å². The molecule has 0 atom stereocenters. The highest BCUT2D eigenvalue weighted by atomic mass is 16.7. The van der Waals surface area contributed by atoms with Crippen molar-refractivity contribution in [1.82, 2.24) is 9.96 Å². The molecule has 1 fully saturated rings. The van der Waals surface area contributed by atoms with Crippen molar-refractivity contribution in [1.29, 1.82) is 0 Å². The van der Waals surface area contributed by atoms with Crippen LogP contribution < -0.4 is 4.90 Å². The van der Waals surface area contributed by atoms with Crippen LogP contribution in [0.1, 0.15) is 20.7 Å². The number of benzene rings is 2. The lowest BCUT2D eigenvalue weighted by molar-refractivity contribution is -0.149. The van der Waals surface area contributed by atoms with Gasteiger partial charge in [-0.2, -0.15) is 0 Å². The summed E-state index contributed by atoms with van der Waals surface area (Å²) in [4.78, 5) is 46.1. The molecule has 27 heavy (non-hydrogen) atoms. The van der Waals surface area contributed by atoms with Crippen LogP contribution in [0.3, 0.4) is 0 Å². The van der Waals surface area contributed by atoms with Gasteiger partial charge >= 0.3 is 0 Å². The zero-order valence-electron chi connectivity index (χ0n) is 14.7. The van der Waals surface area contributed by atoms with Crippen molar-refractivity contribution in [3.05, 3.63) is 65.7 Å². The number of anilines is 1. The Bertz CT molecular complexity index is 841. The summed E-state index contributed by atoms with van der Waals surface area (Å²) in [6.07, 6.45) is 0. The van der Waals surface area contributed by atoms with E-state index >= 15 is 0 Å². The summed E-state index contributed by atoms with van der Waals surface area (Å²) < 4.78 is 0. The Morgan fingerprint density at radius 1 is 0.815 bits per heavy atom. The number of carbonyl (C=O) groups excluding carboxylic acids is 3. The van der Waals surface area contributed by atoms with Crippen molar-refractivity contribution < 1.29 is 19.2 Å². The number of piperazine rings is 1. The van der Waals surface area contributed by atoms with Crippen molar-refractivity contribution in [3.63, 3.8) is 0 Å². The number of hydroxylamine groups is 2. The summed E-state index contributed by atoms with van der Waals surface area (Å²) in [6, 6.07) is 16.6. The van der Waals surface area contributed by atoms with Gasteiger partial charge in [0, 0.05) is 31.9 Å². The van der Waals surface area contributed by atoms with Gasteiger partial charge in [0.15, 0.2) is 6.61 Å². The van der Waals surface area contributed by atoms with E-state index in [0.717, 1.165) is 18.8 Å². The van der Waals surface area contributed by atoms with Gasteiger partial charge in [-0.3, -0.25) is 19.2 Å². The molecule has 2 aliphatic heterocycles. The third kappa shape index (κ3) is 3.29. The van der Waals surface area contributed by atoms with E-state index in [1.165, 1.54) is 0 Å². The van der Waals surface area contributed by atoms with Crippen LogP contribution in [-0.4, -0.2) is 60.5 Å². The molecule has 1 saturated heterocycles. The lowest BCUT2D eigenvalue weighted by atomic mass is 10.1. The highest BCUT2D eigenvalue weighted by Gasteiger charge is 2.37.